The highest BCUT2D eigenvalue weighted by Crippen LogP contribution is 2.10. The van der Waals surface area contributed by atoms with Crippen molar-refractivity contribution in [2.75, 3.05) is 39.1 Å². The summed E-state index contributed by atoms with van der Waals surface area (Å²) >= 11 is 0. The Balaban J connectivity index is 2.10. The van der Waals surface area contributed by atoms with Crippen molar-refractivity contribution in [3.63, 3.8) is 0 Å². The van der Waals surface area contributed by atoms with Crippen LogP contribution in [0.5, 0.6) is 0 Å². The molecule has 1 atom stereocenters. The zero-order valence-corrected chi connectivity index (χ0v) is 11.2. The van der Waals surface area contributed by atoms with E-state index in [9.17, 15) is 4.79 Å². The van der Waals surface area contributed by atoms with Crippen LogP contribution in [0.15, 0.2) is 10.9 Å². The maximum Gasteiger partial charge on any atom is 0.252 e. The number of aromatic nitrogens is 2. The Kier molecular flexibility index (Phi) is 3.98. The minimum Gasteiger partial charge on any atom is -0.348 e. The van der Waals surface area contributed by atoms with Crippen molar-refractivity contribution in [1.82, 2.24) is 20.2 Å². The fraction of sp³-hybridized carbons (Fsp3) is 0.667. The molecular formula is C12H21N5O. The van der Waals surface area contributed by atoms with Crippen LogP contribution in [0.3, 0.4) is 0 Å². The Morgan fingerprint density at radius 2 is 2.22 bits per heavy atom. The van der Waals surface area contributed by atoms with Crippen LogP contribution >= 0.6 is 0 Å². The zero-order chi connectivity index (χ0) is 13.1. The van der Waals surface area contributed by atoms with E-state index in [-0.39, 0.29) is 5.56 Å². The zero-order valence-electron chi connectivity index (χ0n) is 11.2. The van der Waals surface area contributed by atoms with Gasteiger partial charge in [-0.3, -0.25) is 14.7 Å². The minimum absolute atomic E-state index is 0.0957. The number of nitrogens with one attached hydrogen (secondary N) is 2. The van der Waals surface area contributed by atoms with Crippen molar-refractivity contribution in [2.45, 2.75) is 19.0 Å². The van der Waals surface area contributed by atoms with E-state index in [1.165, 1.54) is 0 Å². The molecule has 0 spiro atoms. The molecule has 1 aliphatic rings. The molecule has 0 unspecified atom stereocenters. The van der Waals surface area contributed by atoms with Gasteiger partial charge >= 0.3 is 0 Å². The monoisotopic (exact) mass is 251 g/mol. The van der Waals surface area contributed by atoms with Crippen LogP contribution in [-0.2, 0) is 6.54 Å². The second kappa shape index (κ2) is 5.49. The summed E-state index contributed by atoms with van der Waals surface area (Å²) in [6, 6.07) is 2.11. The summed E-state index contributed by atoms with van der Waals surface area (Å²) in [5.74, 6) is 0.607. The van der Waals surface area contributed by atoms with Crippen LogP contribution in [0.25, 0.3) is 0 Å². The summed E-state index contributed by atoms with van der Waals surface area (Å²) in [5.41, 5.74) is 0.721. The molecule has 2 heterocycles. The lowest BCUT2D eigenvalue weighted by Gasteiger charge is -2.23. The summed E-state index contributed by atoms with van der Waals surface area (Å²) in [6.45, 7) is 2.79. The number of hydrogen-bond donors (Lipinski definition) is 2. The quantitative estimate of drug-likeness (QED) is 0.764. The fourth-order valence-electron chi connectivity index (χ4n) is 2.19. The van der Waals surface area contributed by atoms with Crippen LogP contribution in [0.2, 0.25) is 0 Å². The van der Waals surface area contributed by atoms with Crippen LogP contribution in [0.1, 0.15) is 12.1 Å². The van der Waals surface area contributed by atoms with Crippen molar-refractivity contribution in [1.29, 1.82) is 0 Å². The molecule has 0 amide bonds. The number of anilines is 1. The highest BCUT2D eigenvalue weighted by Gasteiger charge is 2.19. The topological polar surface area (TPSA) is 64.3 Å². The summed E-state index contributed by atoms with van der Waals surface area (Å²) in [7, 11) is 5.81. The summed E-state index contributed by atoms with van der Waals surface area (Å²) in [4.78, 5) is 22.8. The molecule has 0 bridgehead atoms. The van der Waals surface area contributed by atoms with E-state index in [2.05, 4.69) is 27.2 Å². The van der Waals surface area contributed by atoms with Crippen molar-refractivity contribution in [3.05, 3.63) is 22.1 Å². The first-order chi connectivity index (χ1) is 8.56. The van der Waals surface area contributed by atoms with E-state index in [1.54, 1.807) is 6.07 Å². The predicted octanol–water partition coefficient (Wildman–Crippen LogP) is -0.370. The summed E-state index contributed by atoms with van der Waals surface area (Å²) in [5, 5.41) is 3.34. The minimum atomic E-state index is -0.0957. The Hall–Kier alpha value is -1.40. The standard InChI is InChI=1S/C12H21N5O/c1-16(2)12-14-9(6-11(18)15-12)8-17(3)10-4-5-13-7-10/h6,10,13H,4-5,7-8H2,1-3H3,(H,14,15,18)/t10-/m1/s1. The third-order valence-corrected chi connectivity index (χ3v) is 3.27. The second-order valence-corrected chi connectivity index (χ2v) is 5.02. The SMILES string of the molecule is CN(C)c1nc(CN(C)[C@@H]2CCNC2)cc(=O)[nH]1. The lowest BCUT2D eigenvalue weighted by molar-refractivity contribution is 0.246. The highest BCUT2D eigenvalue weighted by molar-refractivity contribution is 5.27. The number of likely N-dealkylation sites (N-methyl/N-ethyl adjacent to an activating group) is 1. The summed E-state index contributed by atoms with van der Waals surface area (Å²) in [6.07, 6.45) is 1.15. The molecule has 6 heteroatoms. The molecule has 18 heavy (non-hydrogen) atoms. The number of aromatic amines is 1. The van der Waals surface area contributed by atoms with Crippen LogP contribution in [0, 0.1) is 0 Å². The molecule has 1 aliphatic heterocycles. The van der Waals surface area contributed by atoms with Crippen molar-refractivity contribution in [2.24, 2.45) is 0 Å². The van der Waals surface area contributed by atoms with E-state index in [0.29, 0.717) is 18.5 Å². The molecule has 1 aromatic rings. The molecule has 0 radical (unpaired) electrons. The number of rotatable bonds is 4. The third kappa shape index (κ3) is 3.08. The van der Waals surface area contributed by atoms with Gasteiger partial charge in [0, 0.05) is 39.3 Å². The van der Waals surface area contributed by atoms with Gasteiger partial charge in [-0.25, -0.2) is 4.98 Å². The molecule has 2 N–H and O–H groups in total. The van der Waals surface area contributed by atoms with Gasteiger partial charge in [0.25, 0.3) is 5.56 Å². The van der Waals surface area contributed by atoms with E-state index in [4.69, 9.17) is 0 Å². The Labute approximate surface area is 107 Å². The largest absolute Gasteiger partial charge is 0.348 e. The molecule has 1 saturated heterocycles. The Morgan fingerprint density at radius 3 is 2.83 bits per heavy atom. The molecule has 0 saturated carbocycles. The Morgan fingerprint density at radius 1 is 1.44 bits per heavy atom. The van der Waals surface area contributed by atoms with Crippen molar-refractivity contribution in [3.8, 4) is 0 Å². The number of H-pyrrole nitrogens is 1. The van der Waals surface area contributed by atoms with Crippen molar-refractivity contribution >= 4 is 5.95 Å². The van der Waals surface area contributed by atoms with E-state index in [0.717, 1.165) is 25.2 Å². The average molecular weight is 251 g/mol. The highest BCUT2D eigenvalue weighted by atomic mass is 16.1. The molecule has 100 valence electrons. The van der Waals surface area contributed by atoms with Gasteiger partial charge in [-0.15, -0.1) is 0 Å². The second-order valence-electron chi connectivity index (χ2n) is 5.02. The fourth-order valence-corrected chi connectivity index (χ4v) is 2.19. The third-order valence-electron chi connectivity index (χ3n) is 3.27. The maximum absolute atomic E-state index is 11.6. The van der Waals surface area contributed by atoms with Crippen LogP contribution < -0.4 is 15.8 Å². The van der Waals surface area contributed by atoms with E-state index in [1.807, 2.05) is 19.0 Å². The summed E-state index contributed by atoms with van der Waals surface area (Å²) < 4.78 is 0. The smallest absolute Gasteiger partial charge is 0.252 e. The van der Waals surface area contributed by atoms with Gasteiger partial charge in [-0.1, -0.05) is 0 Å². The van der Waals surface area contributed by atoms with Gasteiger partial charge in [0.2, 0.25) is 5.95 Å². The lowest BCUT2D eigenvalue weighted by atomic mass is 10.2. The first-order valence-corrected chi connectivity index (χ1v) is 6.25. The van der Waals surface area contributed by atoms with Gasteiger partial charge in [0.05, 0.1) is 5.69 Å². The molecular weight excluding hydrogens is 230 g/mol. The van der Waals surface area contributed by atoms with Gasteiger partial charge in [-0.2, -0.15) is 0 Å². The van der Waals surface area contributed by atoms with Gasteiger partial charge in [0.1, 0.15) is 0 Å². The van der Waals surface area contributed by atoms with E-state index >= 15 is 0 Å². The van der Waals surface area contributed by atoms with Gasteiger partial charge in [-0.05, 0) is 20.0 Å². The van der Waals surface area contributed by atoms with Crippen molar-refractivity contribution < 1.29 is 0 Å². The lowest BCUT2D eigenvalue weighted by Crippen LogP contribution is -2.33. The maximum atomic E-state index is 11.6. The first-order valence-electron chi connectivity index (χ1n) is 6.25. The molecule has 0 aliphatic carbocycles. The predicted molar refractivity (Wildman–Crippen MR) is 71.9 cm³/mol. The first kappa shape index (κ1) is 13.0. The van der Waals surface area contributed by atoms with Gasteiger partial charge in [0.15, 0.2) is 0 Å². The molecule has 6 nitrogen and oxygen atoms in total. The van der Waals surface area contributed by atoms with E-state index < -0.39 is 0 Å². The Bertz CT molecular complexity index is 450. The van der Waals surface area contributed by atoms with Crippen LogP contribution in [0.4, 0.5) is 5.95 Å². The average Bonchev–Trinajstić information content (AvgIpc) is 2.81. The molecule has 0 aromatic carbocycles. The number of hydrogen-bond acceptors (Lipinski definition) is 5. The molecule has 1 aromatic heterocycles. The number of nitrogens with zero attached hydrogens (tertiary/aromatic N) is 3. The van der Waals surface area contributed by atoms with Crippen LogP contribution in [-0.4, -0.2) is 55.1 Å². The van der Waals surface area contributed by atoms with Gasteiger partial charge < -0.3 is 10.2 Å². The molecule has 1 fully saturated rings. The normalized spacial score (nSPS) is 19.4. The molecule has 2 rings (SSSR count).